The number of fused-ring (bicyclic) bond motifs is 3. The number of methoxy groups -OCH3 is 2. The smallest absolute Gasteiger partial charge is 0.349 e. The molecule has 0 bridgehead atoms. The highest BCUT2D eigenvalue weighted by Gasteiger charge is 2.32. The maximum atomic E-state index is 13.7. The Bertz CT molecular complexity index is 3000. The van der Waals surface area contributed by atoms with Gasteiger partial charge in [-0.25, -0.2) is 19.6 Å². The first kappa shape index (κ1) is 42.9. The normalized spacial score (nSPS) is 11.7. The number of ether oxygens (including phenoxy) is 4. The quantitative estimate of drug-likeness (QED) is 0.0741. The molecule has 7 rings (SSSR count). The van der Waals surface area contributed by atoms with E-state index in [0.717, 1.165) is 0 Å². The van der Waals surface area contributed by atoms with Crippen molar-refractivity contribution in [2.45, 2.75) is 33.9 Å². The van der Waals surface area contributed by atoms with Gasteiger partial charge in [0.2, 0.25) is 0 Å². The highest BCUT2D eigenvalue weighted by atomic mass is 35.5. The number of aromatic nitrogens is 4. The van der Waals surface area contributed by atoms with Crippen molar-refractivity contribution in [2.75, 3.05) is 27.4 Å². The van der Waals surface area contributed by atoms with Crippen LogP contribution in [0.15, 0.2) is 61.2 Å². The van der Waals surface area contributed by atoms with Crippen molar-refractivity contribution in [3.05, 3.63) is 97.5 Å². The number of allylic oxidation sites excluding steroid dienone is 2. The molecule has 2 amide bonds. The lowest BCUT2D eigenvalue weighted by atomic mass is 10.1. The van der Waals surface area contributed by atoms with Crippen molar-refractivity contribution < 1.29 is 38.1 Å². The number of rotatable bonds is 15. The zero-order valence-corrected chi connectivity index (χ0v) is 36.7. The van der Waals surface area contributed by atoms with E-state index in [1.807, 2.05) is 22.1 Å². The number of hydrogen-bond donors (Lipinski definition) is 2. The summed E-state index contributed by atoms with van der Waals surface area (Å²) in [5.74, 6) is -1.76. The van der Waals surface area contributed by atoms with Gasteiger partial charge >= 0.3 is 11.9 Å². The van der Waals surface area contributed by atoms with E-state index < -0.39 is 23.8 Å². The number of thiophene rings is 2. The number of hydrogen-bond acceptors (Lipinski definition) is 12. The number of nitrogens with two attached hydrogens (primary N) is 2. The van der Waals surface area contributed by atoms with E-state index in [2.05, 4.69) is 6.58 Å². The lowest BCUT2D eigenvalue weighted by Gasteiger charge is -2.15. The number of carbonyl (C=O) groups excluding carboxylic acids is 4. The Morgan fingerprint density at radius 3 is 1.77 bits per heavy atom. The summed E-state index contributed by atoms with van der Waals surface area (Å²) < 4.78 is 27.0. The summed E-state index contributed by atoms with van der Waals surface area (Å²) in [6.45, 7) is 9.54. The van der Waals surface area contributed by atoms with Crippen molar-refractivity contribution in [3.8, 4) is 34.3 Å². The van der Waals surface area contributed by atoms with Crippen LogP contribution < -0.4 is 20.9 Å². The molecule has 0 saturated heterocycles. The van der Waals surface area contributed by atoms with Crippen molar-refractivity contribution in [1.82, 2.24) is 19.1 Å². The lowest BCUT2D eigenvalue weighted by Crippen LogP contribution is -2.14. The number of imidazole rings is 2. The van der Waals surface area contributed by atoms with Crippen LogP contribution in [-0.2, 0) is 22.6 Å². The number of amides is 2. The molecule has 0 unspecified atom stereocenters. The molecule has 0 aliphatic heterocycles. The molecule has 14 nitrogen and oxygen atoms in total. The maximum absolute atomic E-state index is 13.7. The topological polar surface area (TPSA) is 193 Å². The molecular formula is C43H38Cl2N6O8S2. The minimum absolute atomic E-state index is 0.0936. The van der Waals surface area contributed by atoms with Crippen molar-refractivity contribution in [3.63, 3.8) is 0 Å². The molecule has 4 N–H and O–H groups in total. The fourth-order valence-corrected chi connectivity index (χ4v) is 10.3. The monoisotopic (exact) mass is 900 g/mol. The second-order valence-electron chi connectivity index (χ2n) is 13.3. The molecule has 7 aromatic rings. The van der Waals surface area contributed by atoms with Crippen LogP contribution in [0.3, 0.4) is 0 Å². The Morgan fingerprint density at radius 1 is 0.787 bits per heavy atom. The van der Waals surface area contributed by atoms with Gasteiger partial charge in [-0.05, 0) is 63.2 Å². The molecule has 0 radical (unpaired) electrons. The third-order valence-corrected chi connectivity index (χ3v) is 12.7. The first-order chi connectivity index (χ1) is 29.3. The van der Waals surface area contributed by atoms with Gasteiger partial charge in [0.05, 0.1) is 65.7 Å². The van der Waals surface area contributed by atoms with Crippen molar-refractivity contribution in [2.24, 2.45) is 11.5 Å². The van der Waals surface area contributed by atoms with Gasteiger partial charge in [0.15, 0.2) is 11.5 Å². The average Bonchev–Trinajstić information content (AvgIpc) is 3.99. The van der Waals surface area contributed by atoms with E-state index >= 15 is 0 Å². The first-order valence-corrected chi connectivity index (χ1v) is 21.1. The van der Waals surface area contributed by atoms with Crippen molar-refractivity contribution >= 4 is 107 Å². The summed E-state index contributed by atoms with van der Waals surface area (Å²) in [4.78, 5) is 64.1. The highest BCUT2D eigenvalue weighted by Crippen LogP contribution is 2.46. The summed E-state index contributed by atoms with van der Waals surface area (Å²) in [6.07, 6.45) is 3.15. The van der Waals surface area contributed by atoms with Crippen LogP contribution in [0.4, 0.5) is 0 Å². The largest absolute Gasteiger partial charge is 0.494 e. The first-order valence-electron chi connectivity index (χ1n) is 18.7. The molecule has 314 valence electrons. The van der Waals surface area contributed by atoms with E-state index in [9.17, 15) is 19.2 Å². The standard InChI is InChI=1S/C43H38Cl2N6O8S2/c1-7-11-23(44)28-20(4)60-36(42(54)58-8-2)30(28)40-48-32-25(16-14-21(38(46)52)34(32)56-5)50(40)18-19-51-26-17-15-22(39(47)53)35(57-6)33(26)49-41(51)31-29-24(45)12-10-13-27(29)61-37(31)43(55)59-9-3/h7,10-17H,1,8-9,18-19H2,2-6H3,(H2,46,52)(H2,47,53)/b23-11+. The Kier molecular flexibility index (Phi) is 12.3. The zero-order chi connectivity index (χ0) is 43.9. The van der Waals surface area contributed by atoms with Crippen LogP contribution >= 0.6 is 45.9 Å². The molecule has 0 aliphatic rings. The molecule has 0 spiro atoms. The number of nitrogens with zero attached hydrogens (tertiary/aromatic N) is 4. The van der Waals surface area contributed by atoms with E-state index in [0.29, 0.717) is 69.9 Å². The molecule has 4 aromatic heterocycles. The fraction of sp³-hybridized carbons (Fsp3) is 0.209. The number of esters is 2. The Hall–Kier alpha value is -6.20. The summed E-state index contributed by atoms with van der Waals surface area (Å²) >= 11 is 16.3. The second-order valence-corrected chi connectivity index (χ2v) is 16.4. The predicted octanol–water partition coefficient (Wildman–Crippen LogP) is 8.99. The molecule has 0 aliphatic carbocycles. The number of carbonyl (C=O) groups is 4. The van der Waals surface area contributed by atoms with Gasteiger partial charge in [0, 0.05) is 38.6 Å². The second kappa shape index (κ2) is 17.4. The van der Waals surface area contributed by atoms with Crippen LogP contribution in [0, 0.1) is 6.92 Å². The molecule has 61 heavy (non-hydrogen) atoms. The van der Waals surface area contributed by atoms with E-state index in [4.69, 9.17) is 63.6 Å². The number of aryl methyl sites for hydroxylation is 3. The Morgan fingerprint density at radius 2 is 1.30 bits per heavy atom. The summed E-state index contributed by atoms with van der Waals surface area (Å²) in [6, 6.07) is 11.8. The van der Waals surface area contributed by atoms with Gasteiger partial charge < -0.3 is 39.5 Å². The molecule has 4 heterocycles. The number of halogens is 2. The van der Waals surface area contributed by atoms with E-state index in [1.165, 1.54) is 43.0 Å². The maximum Gasteiger partial charge on any atom is 0.349 e. The summed E-state index contributed by atoms with van der Waals surface area (Å²) in [5.41, 5.74) is 14.7. The number of primary amides is 2. The molecule has 0 saturated carbocycles. The average molecular weight is 902 g/mol. The van der Waals surface area contributed by atoms with Gasteiger partial charge in [-0.15, -0.1) is 22.7 Å². The van der Waals surface area contributed by atoms with Crippen LogP contribution in [-0.4, -0.2) is 70.3 Å². The van der Waals surface area contributed by atoms with Gasteiger partial charge in [0.25, 0.3) is 11.8 Å². The third-order valence-electron chi connectivity index (χ3n) is 9.86. The highest BCUT2D eigenvalue weighted by molar-refractivity contribution is 7.21. The van der Waals surface area contributed by atoms with E-state index in [1.54, 1.807) is 56.3 Å². The summed E-state index contributed by atoms with van der Waals surface area (Å²) in [5, 5.41) is 1.24. The van der Waals surface area contributed by atoms with Crippen LogP contribution in [0.1, 0.15) is 64.3 Å². The van der Waals surface area contributed by atoms with Crippen LogP contribution in [0.2, 0.25) is 5.02 Å². The van der Waals surface area contributed by atoms with E-state index in [-0.39, 0.29) is 64.2 Å². The summed E-state index contributed by atoms with van der Waals surface area (Å²) in [7, 11) is 2.81. The molecule has 18 heteroatoms. The van der Waals surface area contributed by atoms with Gasteiger partial charge in [-0.1, -0.05) is 41.9 Å². The van der Waals surface area contributed by atoms with Gasteiger partial charge in [-0.3, -0.25) is 9.59 Å². The fourth-order valence-electron chi connectivity index (χ4n) is 7.40. The molecule has 3 aromatic carbocycles. The molecule has 0 atom stereocenters. The molecular weight excluding hydrogens is 864 g/mol. The SMILES string of the molecule is C=C/C=C(/Cl)c1c(C)sc(C(=O)OCC)c1-c1nc2c(OC)c(C(N)=O)ccc2n1CCn1c(-c2c(C(=O)OCC)sc3cccc(Cl)c23)nc2c(OC)c(C(N)=O)ccc21. The molecule has 0 fully saturated rings. The third kappa shape index (κ3) is 7.39. The predicted molar refractivity (Wildman–Crippen MR) is 239 cm³/mol. The minimum Gasteiger partial charge on any atom is -0.494 e. The Balaban J connectivity index is 1.56. The van der Waals surface area contributed by atoms with Crippen molar-refractivity contribution in [1.29, 1.82) is 0 Å². The zero-order valence-electron chi connectivity index (χ0n) is 33.5. The van der Waals surface area contributed by atoms with Crippen LogP contribution in [0.5, 0.6) is 11.5 Å². The lowest BCUT2D eigenvalue weighted by molar-refractivity contribution is 0.0523. The minimum atomic E-state index is -0.732. The number of benzene rings is 3. The van der Waals surface area contributed by atoms with Gasteiger partial charge in [0.1, 0.15) is 32.4 Å². The van der Waals surface area contributed by atoms with Crippen LogP contribution in [0.25, 0.3) is 60.0 Å². The Labute approximate surface area is 366 Å². The van der Waals surface area contributed by atoms with Gasteiger partial charge in [-0.2, -0.15) is 0 Å².